The Kier molecular flexibility index (Phi) is 6.28. The molecule has 160 valence electrons. The van der Waals surface area contributed by atoms with Crippen LogP contribution in [-0.4, -0.2) is 46.4 Å². The van der Waals surface area contributed by atoms with E-state index in [4.69, 9.17) is 18.9 Å². The molecule has 4 rings (SSSR count). The number of nitrogens with one attached hydrogen (secondary N) is 2. The molecule has 2 heterocycles. The highest BCUT2D eigenvalue weighted by Crippen LogP contribution is 2.33. The Balaban J connectivity index is 1.36. The van der Waals surface area contributed by atoms with Gasteiger partial charge < -0.3 is 29.2 Å². The molecular formula is C23H29N2O5+. The Morgan fingerprint density at radius 2 is 1.87 bits per heavy atom. The van der Waals surface area contributed by atoms with Crippen LogP contribution in [-0.2, 0) is 11.3 Å². The molecule has 1 saturated heterocycles. The molecule has 7 heteroatoms. The standard InChI is InChI=1S/C23H28N2O5/c1-27-19-7-5-16(12-21(19)28-2)14-24-23(26)15-25-9-3-4-18(25)17-6-8-20-22(13-17)30-11-10-29-20/h5-8,12-13,18H,3-4,9-11,14-15H2,1-2H3,(H,24,26)/p+1/t18-/m1/s1. The van der Waals surface area contributed by atoms with Crippen LogP contribution in [0.3, 0.4) is 0 Å². The van der Waals surface area contributed by atoms with Crippen molar-refractivity contribution in [2.24, 2.45) is 0 Å². The average molecular weight is 413 g/mol. The van der Waals surface area contributed by atoms with E-state index in [1.165, 1.54) is 10.5 Å². The number of rotatable bonds is 7. The van der Waals surface area contributed by atoms with Crippen LogP contribution in [0.15, 0.2) is 36.4 Å². The van der Waals surface area contributed by atoms with Crippen molar-refractivity contribution >= 4 is 5.91 Å². The Labute approximate surface area is 176 Å². The van der Waals surface area contributed by atoms with Gasteiger partial charge in [0.1, 0.15) is 19.3 Å². The third kappa shape index (κ3) is 4.46. The molecule has 1 fully saturated rings. The Morgan fingerprint density at radius 3 is 2.67 bits per heavy atom. The van der Waals surface area contributed by atoms with E-state index in [1.807, 2.05) is 24.3 Å². The van der Waals surface area contributed by atoms with Crippen molar-refractivity contribution < 1.29 is 28.6 Å². The number of hydrogen-bond acceptors (Lipinski definition) is 5. The van der Waals surface area contributed by atoms with E-state index in [0.717, 1.165) is 36.4 Å². The van der Waals surface area contributed by atoms with Gasteiger partial charge in [0, 0.05) is 24.9 Å². The highest BCUT2D eigenvalue weighted by Gasteiger charge is 2.32. The minimum absolute atomic E-state index is 0.0456. The summed E-state index contributed by atoms with van der Waals surface area (Å²) in [6.45, 7) is 3.07. The first-order chi connectivity index (χ1) is 14.7. The molecule has 0 aromatic heterocycles. The van der Waals surface area contributed by atoms with Crippen molar-refractivity contribution in [3.63, 3.8) is 0 Å². The van der Waals surface area contributed by atoms with Crippen molar-refractivity contribution in [1.29, 1.82) is 0 Å². The first-order valence-electron chi connectivity index (χ1n) is 10.4. The lowest BCUT2D eigenvalue weighted by Crippen LogP contribution is -3.11. The van der Waals surface area contributed by atoms with E-state index < -0.39 is 0 Å². The van der Waals surface area contributed by atoms with Gasteiger partial charge in [-0.3, -0.25) is 4.79 Å². The predicted molar refractivity (Wildman–Crippen MR) is 111 cm³/mol. The first kappa shape index (κ1) is 20.3. The molecule has 1 unspecified atom stereocenters. The SMILES string of the molecule is COc1ccc(CNC(=O)C[NH+]2CCC[C@@H]2c2ccc3c(c2)OCCO3)cc1OC. The van der Waals surface area contributed by atoms with Crippen LogP contribution in [0.4, 0.5) is 0 Å². The zero-order valence-corrected chi connectivity index (χ0v) is 17.5. The lowest BCUT2D eigenvalue weighted by atomic mass is 10.0. The van der Waals surface area contributed by atoms with Crippen LogP contribution in [0.2, 0.25) is 0 Å². The molecule has 2 atom stereocenters. The number of carbonyl (C=O) groups is 1. The number of ether oxygens (including phenoxy) is 4. The topological polar surface area (TPSA) is 70.5 Å². The molecular weight excluding hydrogens is 384 g/mol. The first-order valence-corrected chi connectivity index (χ1v) is 10.4. The molecule has 0 bridgehead atoms. The van der Waals surface area contributed by atoms with Crippen LogP contribution in [0.25, 0.3) is 0 Å². The summed E-state index contributed by atoms with van der Waals surface area (Å²) in [6.07, 6.45) is 2.18. The fourth-order valence-electron chi connectivity index (χ4n) is 4.26. The second kappa shape index (κ2) is 9.26. The van der Waals surface area contributed by atoms with Gasteiger partial charge in [-0.25, -0.2) is 0 Å². The quantitative estimate of drug-likeness (QED) is 0.720. The van der Waals surface area contributed by atoms with Crippen molar-refractivity contribution in [2.75, 3.05) is 40.5 Å². The number of quaternary nitrogens is 1. The number of likely N-dealkylation sites (tertiary alicyclic amines) is 1. The summed E-state index contributed by atoms with van der Waals surface area (Å²) in [6, 6.07) is 12.1. The minimum Gasteiger partial charge on any atom is -0.493 e. The maximum atomic E-state index is 12.6. The molecule has 30 heavy (non-hydrogen) atoms. The molecule has 2 aliphatic heterocycles. The van der Waals surface area contributed by atoms with Gasteiger partial charge in [0.05, 0.1) is 20.8 Å². The van der Waals surface area contributed by atoms with Gasteiger partial charge >= 0.3 is 0 Å². The highest BCUT2D eigenvalue weighted by molar-refractivity contribution is 5.76. The lowest BCUT2D eigenvalue weighted by Gasteiger charge is -2.24. The number of amides is 1. The smallest absolute Gasteiger partial charge is 0.275 e. The molecule has 0 spiro atoms. The van der Waals surface area contributed by atoms with Crippen LogP contribution in [0.1, 0.15) is 30.0 Å². The van der Waals surface area contributed by atoms with E-state index in [0.29, 0.717) is 43.8 Å². The number of fused-ring (bicyclic) bond motifs is 1. The molecule has 1 amide bonds. The largest absolute Gasteiger partial charge is 0.493 e. The van der Waals surface area contributed by atoms with Crippen LogP contribution in [0, 0.1) is 0 Å². The van der Waals surface area contributed by atoms with E-state index in [-0.39, 0.29) is 5.91 Å². The Hall–Kier alpha value is -2.93. The molecule has 7 nitrogen and oxygen atoms in total. The Morgan fingerprint density at radius 1 is 1.07 bits per heavy atom. The second-order valence-electron chi connectivity index (χ2n) is 7.65. The number of methoxy groups -OCH3 is 2. The summed E-state index contributed by atoms with van der Waals surface area (Å²) in [7, 11) is 3.21. The summed E-state index contributed by atoms with van der Waals surface area (Å²) < 4.78 is 21.9. The molecule has 2 aliphatic rings. The monoisotopic (exact) mass is 413 g/mol. The summed E-state index contributed by atoms with van der Waals surface area (Å²) in [5.41, 5.74) is 2.18. The maximum Gasteiger partial charge on any atom is 0.275 e. The van der Waals surface area contributed by atoms with Gasteiger partial charge in [-0.1, -0.05) is 6.07 Å². The molecule has 2 aromatic carbocycles. The lowest BCUT2D eigenvalue weighted by molar-refractivity contribution is -0.910. The minimum atomic E-state index is 0.0456. The van der Waals surface area contributed by atoms with Crippen molar-refractivity contribution in [2.45, 2.75) is 25.4 Å². The number of benzene rings is 2. The van der Waals surface area contributed by atoms with Crippen LogP contribution in [0.5, 0.6) is 23.0 Å². The summed E-state index contributed by atoms with van der Waals surface area (Å²) in [4.78, 5) is 13.9. The van der Waals surface area contributed by atoms with Gasteiger partial charge in [-0.2, -0.15) is 0 Å². The van der Waals surface area contributed by atoms with Gasteiger partial charge in [0.25, 0.3) is 5.91 Å². The highest BCUT2D eigenvalue weighted by atomic mass is 16.6. The zero-order valence-electron chi connectivity index (χ0n) is 17.5. The molecule has 0 saturated carbocycles. The van der Waals surface area contributed by atoms with Crippen molar-refractivity contribution in [3.8, 4) is 23.0 Å². The fourth-order valence-corrected chi connectivity index (χ4v) is 4.26. The van der Waals surface area contributed by atoms with Gasteiger partial charge in [0.15, 0.2) is 29.5 Å². The Bertz CT molecular complexity index is 901. The molecule has 0 radical (unpaired) electrons. The van der Waals surface area contributed by atoms with Crippen molar-refractivity contribution in [1.82, 2.24) is 5.32 Å². The summed E-state index contributed by atoms with van der Waals surface area (Å²) in [5, 5.41) is 3.04. The average Bonchev–Trinajstić information content (AvgIpc) is 3.25. The van der Waals surface area contributed by atoms with E-state index in [1.54, 1.807) is 14.2 Å². The maximum absolute atomic E-state index is 12.6. The number of hydrogen-bond donors (Lipinski definition) is 2. The van der Waals surface area contributed by atoms with E-state index >= 15 is 0 Å². The van der Waals surface area contributed by atoms with Crippen LogP contribution < -0.4 is 29.2 Å². The second-order valence-corrected chi connectivity index (χ2v) is 7.65. The molecule has 2 aromatic rings. The molecule has 2 N–H and O–H groups in total. The molecule has 0 aliphatic carbocycles. The van der Waals surface area contributed by atoms with E-state index in [2.05, 4.69) is 17.4 Å². The van der Waals surface area contributed by atoms with E-state index in [9.17, 15) is 4.79 Å². The third-order valence-corrected chi connectivity index (χ3v) is 5.78. The van der Waals surface area contributed by atoms with Crippen LogP contribution >= 0.6 is 0 Å². The van der Waals surface area contributed by atoms with Gasteiger partial charge in [0.2, 0.25) is 0 Å². The van der Waals surface area contributed by atoms with Gasteiger partial charge in [-0.15, -0.1) is 0 Å². The third-order valence-electron chi connectivity index (χ3n) is 5.78. The van der Waals surface area contributed by atoms with Gasteiger partial charge in [-0.05, 0) is 35.9 Å². The zero-order chi connectivity index (χ0) is 20.9. The predicted octanol–water partition coefficient (Wildman–Crippen LogP) is 1.51. The fraction of sp³-hybridized carbons (Fsp3) is 0.435. The normalized spacial score (nSPS) is 19.9. The van der Waals surface area contributed by atoms with Crippen molar-refractivity contribution in [3.05, 3.63) is 47.5 Å². The number of carbonyl (C=O) groups excluding carboxylic acids is 1. The summed E-state index contributed by atoms with van der Waals surface area (Å²) >= 11 is 0. The summed E-state index contributed by atoms with van der Waals surface area (Å²) in [5.74, 6) is 2.99.